The molecule has 0 aliphatic carbocycles. The molecular formula is C19H15NO. The Labute approximate surface area is 122 Å². The molecule has 0 atom stereocenters. The summed E-state index contributed by atoms with van der Waals surface area (Å²) in [7, 11) is 0. The maximum absolute atomic E-state index is 10.2. The van der Waals surface area contributed by atoms with Crippen LogP contribution in [-0.4, -0.2) is 10.1 Å². The van der Waals surface area contributed by atoms with Gasteiger partial charge in [-0.2, -0.15) is 0 Å². The van der Waals surface area contributed by atoms with Crippen LogP contribution in [0, 0.1) is 0 Å². The van der Waals surface area contributed by atoms with Gasteiger partial charge in [-0.3, -0.25) is 0 Å². The van der Waals surface area contributed by atoms with Crippen LogP contribution in [0.15, 0.2) is 66.7 Å². The zero-order chi connectivity index (χ0) is 14.2. The largest absolute Gasteiger partial charge is 0.507 e. The number of hydrogen-bond donors (Lipinski definition) is 2. The van der Waals surface area contributed by atoms with Gasteiger partial charge in [0, 0.05) is 28.3 Å². The molecule has 21 heavy (non-hydrogen) atoms. The topological polar surface area (TPSA) is 36.0 Å². The number of rotatable bonds is 2. The molecule has 1 heterocycles. The normalized spacial score (nSPS) is 11.2. The van der Waals surface area contributed by atoms with Crippen molar-refractivity contribution < 1.29 is 5.11 Å². The molecule has 0 bridgehead atoms. The molecular weight excluding hydrogens is 258 g/mol. The van der Waals surface area contributed by atoms with E-state index in [0.717, 1.165) is 33.8 Å². The van der Waals surface area contributed by atoms with E-state index in [2.05, 4.69) is 35.3 Å². The standard InChI is InChI=1S/C19H15NO/c21-18-12-14-11-15(10-13-6-2-1-3-7-13)20-19(14)17-9-5-4-8-16(17)18/h1-9,11-12,20-21H,10H2. The van der Waals surface area contributed by atoms with E-state index >= 15 is 0 Å². The summed E-state index contributed by atoms with van der Waals surface area (Å²) in [5.74, 6) is 0.336. The van der Waals surface area contributed by atoms with E-state index in [1.807, 2.05) is 36.4 Å². The Balaban J connectivity index is 1.88. The van der Waals surface area contributed by atoms with Crippen molar-refractivity contribution >= 4 is 21.7 Å². The Kier molecular flexibility index (Phi) is 2.68. The third kappa shape index (κ3) is 2.05. The molecule has 0 saturated heterocycles. The highest BCUT2D eigenvalue weighted by Crippen LogP contribution is 2.32. The first-order valence-electron chi connectivity index (χ1n) is 7.07. The molecule has 3 aromatic carbocycles. The fourth-order valence-corrected chi connectivity index (χ4v) is 2.93. The van der Waals surface area contributed by atoms with Crippen LogP contribution in [0.5, 0.6) is 5.75 Å². The Morgan fingerprint density at radius 2 is 1.52 bits per heavy atom. The van der Waals surface area contributed by atoms with E-state index in [1.54, 1.807) is 0 Å². The number of benzene rings is 3. The zero-order valence-corrected chi connectivity index (χ0v) is 11.5. The number of phenolic OH excluding ortho intramolecular Hbond substituents is 1. The van der Waals surface area contributed by atoms with Gasteiger partial charge in [-0.25, -0.2) is 0 Å². The molecule has 0 aliphatic heterocycles. The molecule has 0 fully saturated rings. The minimum absolute atomic E-state index is 0.336. The van der Waals surface area contributed by atoms with Crippen LogP contribution < -0.4 is 0 Å². The fourth-order valence-electron chi connectivity index (χ4n) is 2.93. The van der Waals surface area contributed by atoms with Crippen molar-refractivity contribution in [2.24, 2.45) is 0 Å². The Bertz CT molecular complexity index is 922. The molecule has 102 valence electrons. The quantitative estimate of drug-likeness (QED) is 0.549. The van der Waals surface area contributed by atoms with Crippen molar-refractivity contribution in [3.63, 3.8) is 0 Å². The lowest BCUT2D eigenvalue weighted by Crippen LogP contribution is -1.86. The first kappa shape index (κ1) is 12.0. The number of hydrogen-bond acceptors (Lipinski definition) is 1. The van der Waals surface area contributed by atoms with Gasteiger partial charge < -0.3 is 10.1 Å². The predicted octanol–water partition coefficient (Wildman–Crippen LogP) is 4.62. The second kappa shape index (κ2) is 4.67. The number of H-pyrrole nitrogens is 1. The van der Waals surface area contributed by atoms with E-state index < -0.39 is 0 Å². The maximum atomic E-state index is 10.2. The summed E-state index contributed by atoms with van der Waals surface area (Å²) in [5.41, 5.74) is 3.53. The Morgan fingerprint density at radius 1 is 0.810 bits per heavy atom. The minimum atomic E-state index is 0.336. The van der Waals surface area contributed by atoms with E-state index in [1.165, 1.54) is 5.56 Å². The molecule has 1 aromatic heterocycles. The average molecular weight is 273 g/mol. The zero-order valence-electron chi connectivity index (χ0n) is 11.5. The molecule has 0 amide bonds. The van der Waals surface area contributed by atoms with Crippen LogP contribution in [0.3, 0.4) is 0 Å². The van der Waals surface area contributed by atoms with E-state index in [0.29, 0.717) is 5.75 Å². The van der Waals surface area contributed by atoms with Gasteiger partial charge in [0.05, 0.1) is 5.52 Å². The molecule has 2 heteroatoms. The SMILES string of the molecule is Oc1cc2cc(Cc3ccccc3)[nH]c2c2ccccc12. The van der Waals surface area contributed by atoms with Gasteiger partial charge in [-0.05, 0) is 17.7 Å². The van der Waals surface area contributed by atoms with Crippen molar-refractivity contribution in [1.29, 1.82) is 0 Å². The van der Waals surface area contributed by atoms with Crippen LogP contribution in [0.4, 0.5) is 0 Å². The minimum Gasteiger partial charge on any atom is -0.507 e. The maximum Gasteiger partial charge on any atom is 0.124 e. The molecule has 2 N–H and O–H groups in total. The van der Waals surface area contributed by atoms with Crippen molar-refractivity contribution in [1.82, 2.24) is 4.98 Å². The molecule has 4 aromatic rings. The van der Waals surface area contributed by atoms with Gasteiger partial charge in [-0.1, -0.05) is 54.6 Å². The van der Waals surface area contributed by atoms with Crippen molar-refractivity contribution in [2.75, 3.05) is 0 Å². The fraction of sp³-hybridized carbons (Fsp3) is 0.0526. The smallest absolute Gasteiger partial charge is 0.124 e. The Hall–Kier alpha value is -2.74. The van der Waals surface area contributed by atoms with Gasteiger partial charge in [-0.15, -0.1) is 0 Å². The van der Waals surface area contributed by atoms with Crippen LogP contribution >= 0.6 is 0 Å². The highest BCUT2D eigenvalue weighted by atomic mass is 16.3. The molecule has 0 spiro atoms. The number of aromatic nitrogens is 1. The number of nitrogens with one attached hydrogen (secondary N) is 1. The van der Waals surface area contributed by atoms with Crippen LogP contribution in [0.1, 0.15) is 11.3 Å². The molecule has 0 saturated carbocycles. The second-order valence-electron chi connectivity index (χ2n) is 5.36. The number of phenols is 1. The van der Waals surface area contributed by atoms with Crippen LogP contribution in [0.25, 0.3) is 21.7 Å². The monoisotopic (exact) mass is 273 g/mol. The number of fused-ring (bicyclic) bond motifs is 3. The van der Waals surface area contributed by atoms with Crippen molar-refractivity contribution in [3.8, 4) is 5.75 Å². The van der Waals surface area contributed by atoms with E-state index in [4.69, 9.17) is 0 Å². The van der Waals surface area contributed by atoms with Crippen molar-refractivity contribution in [2.45, 2.75) is 6.42 Å². The van der Waals surface area contributed by atoms with Gasteiger partial charge in [0.25, 0.3) is 0 Å². The van der Waals surface area contributed by atoms with Crippen LogP contribution in [-0.2, 0) is 6.42 Å². The lowest BCUT2D eigenvalue weighted by atomic mass is 10.1. The predicted molar refractivity (Wildman–Crippen MR) is 86.7 cm³/mol. The summed E-state index contributed by atoms with van der Waals surface area (Å²) in [6.45, 7) is 0. The summed E-state index contributed by atoms with van der Waals surface area (Å²) in [4.78, 5) is 3.50. The van der Waals surface area contributed by atoms with E-state index in [-0.39, 0.29) is 0 Å². The first-order chi connectivity index (χ1) is 10.3. The summed E-state index contributed by atoms with van der Waals surface area (Å²) in [5, 5.41) is 13.2. The van der Waals surface area contributed by atoms with Gasteiger partial charge in [0.2, 0.25) is 0 Å². The summed E-state index contributed by atoms with van der Waals surface area (Å²) in [6.07, 6.45) is 0.866. The summed E-state index contributed by atoms with van der Waals surface area (Å²) in [6, 6.07) is 22.3. The Morgan fingerprint density at radius 3 is 2.33 bits per heavy atom. The molecule has 0 aliphatic rings. The summed E-state index contributed by atoms with van der Waals surface area (Å²) >= 11 is 0. The lowest BCUT2D eigenvalue weighted by molar-refractivity contribution is 0.482. The highest BCUT2D eigenvalue weighted by molar-refractivity contribution is 6.08. The van der Waals surface area contributed by atoms with Crippen molar-refractivity contribution in [3.05, 3.63) is 78.0 Å². The number of aromatic hydroxyl groups is 1. The highest BCUT2D eigenvalue weighted by Gasteiger charge is 2.08. The van der Waals surface area contributed by atoms with Gasteiger partial charge >= 0.3 is 0 Å². The van der Waals surface area contributed by atoms with E-state index in [9.17, 15) is 5.11 Å². The third-order valence-corrected chi connectivity index (χ3v) is 3.91. The average Bonchev–Trinajstić information content (AvgIpc) is 2.91. The summed E-state index contributed by atoms with van der Waals surface area (Å²) < 4.78 is 0. The molecule has 0 radical (unpaired) electrons. The third-order valence-electron chi connectivity index (χ3n) is 3.91. The van der Waals surface area contributed by atoms with Gasteiger partial charge in [0.15, 0.2) is 0 Å². The number of aromatic amines is 1. The first-order valence-corrected chi connectivity index (χ1v) is 7.07. The molecule has 0 unspecified atom stereocenters. The molecule has 4 rings (SSSR count). The van der Waals surface area contributed by atoms with Crippen LogP contribution in [0.2, 0.25) is 0 Å². The second-order valence-corrected chi connectivity index (χ2v) is 5.36. The van der Waals surface area contributed by atoms with Gasteiger partial charge in [0.1, 0.15) is 5.75 Å². The lowest BCUT2D eigenvalue weighted by Gasteiger charge is -2.02. The molecule has 2 nitrogen and oxygen atoms in total.